The zero-order chi connectivity index (χ0) is 39.5. The Labute approximate surface area is 304 Å². The summed E-state index contributed by atoms with van der Waals surface area (Å²) in [5.41, 5.74) is -5.16. The molecule has 2 aromatic rings. The molecular weight excluding hydrogens is 726 g/mol. The number of ether oxygens (including phenoxy) is 2. The van der Waals surface area contributed by atoms with E-state index in [1.165, 1.54) is 6.08 Å². The van der Waals surface area contributed by atoms with Crippen molar-refractivity contribution in [2.45, 2.75) is 108 Å². The molecule has 1 saturated heterocycles. The summed E-state index contributed by atoms with van der Waals surface area (Å²) in [6.45, 7) is 13.1. The summed E-state index contributed by atoms with van der Waals surface area (Å²) in [4.78, 5) is 59.5. The summed E-state index contributed by atoms with van der Waals surface area (Å²) in [6.07, 6.45) is -5.16. The van der Waals surface area contributed by atoms with Crippen LogP contribution in [0, 0.1) is 17.2 Å². The summed E-state index contributed by atoms with van der Waals surface area (Å²) >= 11 is 0. The van der Waals surface area contributed by atoms with Crippen LogP contribution >= 0.6 is 0 Å². The smallest absolute Gasteiger partial charge is 0.433 e. The molecule has 53 heavy (non-hydrogen) atoms. The van der Waals surface area contributed by atoms with Crippen molar-refractivity contribution in [2.75, 3.05) is 6.54 Å². The molecule has 2 saturated carbocycles. The molecule has 0 unspecified atom stereocenters. The third kappa shape index (κ3) is 8.84. The molecule has 1 aromatic carbocycles. The minimum Gasteiger partial charge on any atom is -0.488 e. The summed E-state index contributed by atoms with van der Waals surface area (Å²) in [7, 11) is -4.00. The Balaban J connectivity index is 1.50. The number of fused-ring (bicyclic) bond motifs is 1. The first kappa shape index (κ1) is 39.7. The van der Waals surface area contributed by atoms with E-state index < -0.39 is 103 Å². The van der Waals surface area contributed by atoms with E-state index >= 15 is 0 Å². The molecule has 3 aliphatic rings. The van der Waals surface area contributed by atoms with Crippen LogP contribution in [0.15, 0.2) is 36.9 Å². The number of alkyl carbamates (subject to hydrolysis) is 1. The Hall–Kier alpha value is -4.48. The van der Waals surface area contributed by atoms with Crippen LogP contribution in [0.5, 0.6) is 5.75 Å². The van der Waals surface area contributed by atoms with E-state index in [4.69, 9.17) is 9.47 Å². The van der Waals surface area contributed by atoms with Gasteiger partial charge in [0.1, 0.15) is 46.6 Å². The maximum absolute atomic E-state index is 14.4. The van der Waals surface area contributed by atoms with Gasteiger partial charge in [-0.05, 0) is 63.6 Å². The van der Waals surface area contributed by atoms with E-state index in [1.54, 1.807) is 41.5 Å². The standard InChI is InChI=1S/C35H43F4N5O8S/c1-8-18-16-34(18,30(47)43-53(49,50)21-10-11-21)42-28(45)24-14-20(17-44(24)29(46)27(32(2,3)4)41-31(48)52-33(5,6)7)51-25-15-26(35(37,38)39)40-23-12-9-19(36)13-22(23)25/h8-9,12-13,15,18,20-21,24,27H,1,10-11,14,16-17H2,2-7H3,(H,41,48)(H,42,45)(H,43,47)/t18-,20-,24+,27-,34-/m1/s1. The van der Waals surface area contributed by atoms with Gasteiger partial charge < -0.3 is 25.0 Å². The molecule has 3 N–H and O–H groups in total. The van der Waals surface area contributed by atoms with Gasteiger partial charge in [-0.1, -0.05) is 26.8 Å². The quantitative estimate of drug-likeness (QED) is 0.235. The molecule has 4 amide bonds. The van der Waals surface area contributed by atoms with Gasteiger partial charge in [-0.3, -0.25) is 19.1 Å². The van der Waals surface area contributed by atoms with Crippen molar-refractivity contribution in [1.82, 2.24) is 25.2 Å². The highest BCUT2D eigenvalue weighted by molar-refractivity contribution is 7.91. The highest BCUT2D eigenvalue weighted by Crippen LogP contribution is 2.46. The van der Waals surface area contributed by atoms with Crippen molar-refractivity contribution in [3.63, 3.8) is 0 Å². The predicted molar refractivity (Wildman–Crippen MR) is 183 cm³/mol. The van der Waals surface area contributed by atoms with E-state index in [0.717, 1.165) is 23.1 Å². The maximum Gasteiger partial charge on any atom is 0.433 e. The summed E-state index contributed by atoms with van der Waals surface area (Å²) in [5.74, 6) is -4.49. The lowest BCUT2D eigenvalue weighted by molar-refractivity contribution is -0.143. The highest BCUT2D eigenvalue weighted by Gasteiger charge is 2.62. The Morgan fingerprint density at radius 1 is 1.08 bits per heavy atom. The monoisotopic (exact) mass is 769 g/mol. The lowest BCUT2D eigenvalue weighted by atomic mass is 9.85. The minimum atomic E-state index is -4.90. The van der Waals surface area contributed by atoms with Gasteiger partial charge in [-0.2, -0.15) is 13.2 Å². The summed E-state index contributed by atoms with van der Waals surface area (Å²) < 4.78 is 94.6. The fourth-order valence-corrected chi connectivity index (χ4v) is 7.59. The van der Waals surface area contributed by atoms with Crippen molar-refractivity contribution < 1.29 is 54.6 Å². The zero-order valence-electron chi connectivity index (χ0n) is 30.1. The lowest BCUT2D eigenvalue weighted by Crippen LogP contribution is -2.60. The molecule has 5 rings (SSSR count). The first-order valence-electron chi connectivity index (χ1n) is 17.0. The number of likely N-dealkylation sites (tertiary alicyclic amines) is 1. The highest BCUT2D eigenvalue weighted by atomic mass is 32.2. The number of sulfonamides is 1. The topological polar surface area (TPSA) is 173 Å². The number of pyridine rings is 1. The van der Waals surface area contributed by atoms with Crippen LogP contribution in [0.4, 0.5) is 22.4 Å². The van der Waals surface area contributed by atoms with Gasteiger partial charge in [0.2, 0.25) is 21.8 Å². The predicted octanol–water partition coefficient (Wildman–Crippen LogP) is 4.35. The van der Waals surface area contributed by atoms with Gasteiger partial charge in [0.25, 0.3) is 5.91 Å². The van der Waals surface area contributed by atoms with Crippen LogP contribution in [0.1, 0.15) is 72.9 Å². The first-order chi connectivity index (χ1) is 24.3. The van der Waals surface area contributed by atoms with Gasteiger partial charge in [-0.15, -0.1) is 6.58 Å². The van der Waals surface area contributed by atoms with E-state index in [-0.39, 0.29) is 30.3 Å². The molecule has 0 radical (unpaired) electrons. The number of nitrogens with one attached hydrogen (secondary N) is 3. The molecule has 0 bridgehead atoms. The van der Waals surface area contributed by atoms with E-state index in [2.05, 4.69) is 22.2 Å². The zero-order valence-corrected chi connectivity index (χ0v) is 30.9. The van der Waals surface area contributed by atoms with Gasteiger partial charge in [0.05, 0.1) is 17.3 Å². The Morgan fingerprint density at radius 2 is 1.74 bits per heavy atom. The number of carbonyl (C=O) groups is 4. The molecule has 2 aliphatic carbocycles. The van der Waals surface area contributed by atoms with Crippen molar-refractivity contribution in [2.24, 2.45) is 11.3 Å². The van der Waals surface area contributed by atoms with Crippen LogP contribution in [-0.4, -0.2) is 83.2 Å². The number of halogens is 4. The second-order valence-electron chi connectivity index (χ2n) is 15.8. The van der Waals surface area contributed by atoms with Crippen molar-refractivity contribution in [3.05, 3.63) is 48.4 Å². The molecule has 0 spiro atoms. The Bertz CT molecular complexity index is 1940. The summed E-state index contributed by atoms with van der Waals surface area (Å²) in [5, 5.41) is 4.35. The van der Waals surface area contributed by atoms with Crippen LogP contribution in [0.3, 0.4) is 0 Å². The maximum atomic E-state index is 14.4. The van der Waals surface area contributed by atoms with Crippen LogP contribution < -0.4 is 20.1 Å². The number of benzene rings is 1. The van der Waals surface area contributed by atoms with Gasteiger partial charge in [0.15, 0.2) is 0 Å². The second kappa shape index (κ2) is 13.7. The second-order valence-corrected chi connectivity index (χ2v) is 17.7. The number of amides is 4. The van der Waals surface area contributed by atoms with E-state index in [0.29, 0.717) is 18.9 Å². The molecule has 1 aromatic heterocycles. The van der Waals surface area contributed by atoms with Crippen molar-refractivity contribution in [3.8, 4) is 5.75 Å². The number of aromatic nitrogens is 1. The number of nitrogens with zero attached hydrogens (tertiary/aromatic N) is 2. The fraction of sp³-hybridized carbons (Fsp3) is 0.571. The van der Waals surface area contributed by atoms with Gasteiger partial charge in [-0.25, -0.2) is 22.6 Å². The number of carbonyl (C=O) groups excluding carboxylic acids is 4. The van der Waals surface area contributed by atoms with E-state index in [1.807, 2.05) is 4.72 Å². The average Bonchev–Trinajstić information content (AvgIpc) is 3.94. The third-order valence-corrected chi connectivity index (χ3v) is 11.0. The molecule has 18 heteroatoms. The van der Waals surface area contributed by atoms with Crippen molar-refractivity contribution in [1.29, 1.82) is 0 Å². The summed E-state index contributed by atoms with van der Waals surface area (Å²) in [6, 6.07) is 0.810. The average molecular weight is 770 g/mol. The SMILES string of the molecule is C=C[C@@H]1C[C@]1(NC(=O)[C@@H]1C[C@@H](Oc2cc(C(F)(F)F)nc3ccc(F)cc23)CN1C(=O)[C@@H](NC(=O)OC(C)(C)C)C(C)(C)C)C(=O)NS(=O)(=O)C1CC1. The van der Waals surface area contributed by atoms with Crippen LogP contribution in [0.2, 0.25) is 0 Å². The van der Waals surface area contributed by atoms with Gasteiger partial charge >= 0.3 is 12.3 Å². The number of hydrogen-bond donors (Lipinski definition) is 3. The van der Waals surface area contributed by atoms with Gasteiger partial charge in [0, 0.05) is 23.8 Å². The van der Waals surface area contributed by atoms with Crippen molar-refractivity contribution >= 4 is 44.7 Å². The third-order valence-electron chi connectivity index (χ3n) is 9.19. The molecular formula is C35H43F4N5O8S. The lowest BCUT2D eigenvalue weighted by Gasteiger charge is -2.36. The Kier molecular flexibility index (Phi) is 10.3. The normalized spacial score (nSPS) is 23.9. The molecule has 1 aliphatic heterocycles. The number of hydrogen-bond acceptors (Lipinski definition) is 9. The molecule has 13 nitrogen and oxygen atoms in total. The Morgan fingerprint density at radius 3 is 2.28 bits per heavy atom. The number of alkyl halides is 3. The fourth-order valence-electron chi connectivity index (χ4n) is 6.22. The molecule has 3 fully saturated rings. The van der Waals surface area contributed by atoms with E-state index in [9.17, 15) is 45.2 Å². The largest absolute Gasteiger partial charge is 0.488 e. The molecule has 5 atom stereocenters. The first-order valence-corrected chi connectivity index (χ1v) is 18.5. The molecule has 290 valence electrons. The molecule has 2 heterocycles. The number of rotatable bonds is 10. The minimum absolute atomic E-state index is 0.00839. The van der Waals surface area contributed by atoms with Crippen LogP contribution in [0.25, 0.3) is 10.9 Å². The van der Waals surface area contributed by atoms with Crippen LogP contribution in [-0.2, 0) is 35.3 Å².